The van der Waals surface area contributed by atoms with E-state index in [1.54, 1.807) is 14.0 Å². The number of hydrogen-bond donors (Lipinski definition) is 1. The van der Waals surface area contributed by atoms with Crippen LogP contribution in [-0.2, 0) is 24.1 Å². The number of aliphatic carboxylic acids is 1. The number of carboxylic acid groups (broad SMARTS) is 1. The highest BCUT2D eigenvalue weighted by Crippen LogP contribution is 2.34. The highest BCUT2D eigenvalue weighted by atomic mass is 16.5. The smallest absolute Gasteiger partial charge is 0.306 e. The summed E-state index contributed by atoms with van der Waals surface area (Å²) in [4.78, 5) is 11.1. The van der Waals surface area contributed by atoms with Gasteiger partial charge in [0, 0.05) is 0 Å². The van der Waals surface area contributed by atoms with E-state index in [-0.39, 0.29) is 5.92 Å². The Labute approximate surface area is 114 Å². The Balaban J connectivity index is 2.43. The van der Waals surface area contributed by atoms with Crippen molar-refractivity contribution in [1.82, 2.24) is 0 Å². The number of benzene rings is 1. The van der Waals surface area contributed by atoms with E-state index in [1.165, 1.54) is 29.5 Å². The SMILES string of the molecule is COc1cc2c(c(C)c1CC(C)C(=O)O)CCCC2. The summed E-state index contributed by atoms with van der Waals surface area (Å²) in [5.74, 6) is -0.278. The van der Waals surface area contributed by atoms with Crippen molar-refractivity contribution in [2.75, 3.05) is 7.11 Å². The van der Waals surface area contributed by atoms with E-state index in [0.717, 1.165) is 24.2 Å². The zero-order valence-electron chi connectivity index (χ0n) is 12.0. The molecule has 2 rings (SSSR count). The molecule has 104 valence electrons. The largest absolute Gasteiger partial charge is 0.496 e. The predicted molar refractivity (Wildman–Crippen MR) is 74.9 cm³/mol. The average Bonchev–Trinajstić information content (AvgIpc) is 2.41. The molecular weight excluding hydrogens is 240 g/mol. The molecule has 0 heterocycles. The first kappa shape index (κ1) is 13.9. The van der Waals surface area contributed by atoms with Crippen LogP contribution in [0.25, 0.3) is 0 Å². The van der Waals surface area contributed by atoms with Crippen LogP contribution in [-0.4, -0.2) is 18.2 Å². The molecule has 1 aromatic rings. The van der Waals surface area contributed by atoms with Gasteiger partial charge >= 0.3 is 5.97 Å². The molecule has 0 bridgehead atoms. The third-order valence-electron chi connectivity index (χ3n) is 4.17. The van der Waals surface area contributed by atoms with Crippen LogP contribution in [0.2, 0.25) is 0 Å². The van der Waals surface area contributed by atoms with Crippen LogP contribution in [0.3, 0.4) is 0 Å². The molecule has 3 nitrogen and oxygen atoms in total. The van der Waals surface area contributed by atoms with Gasteiger partial charge in [0.05, 0.1) is 13.0 Å². The predicted octanol–water partition coefficient (Wildman–Crippen LogP) is 3.15. The molecule has 1 N–H and O–H groups in total. The van der Waals surface area contributed by atoms with Gasteiger partial charge in [0.15, 0.2) is 0 Å². The second-order valence-electron chi connectivity index (χ2n) is 5.47. The summed E-state index contributed by atoms with van der Waals surface area (Å²) in [7, 11) is 1.67. The van der Waals surface area contributed by atoms with Gasteiger partial charge < -0.3 is 9.84 Å². The van der Waals surface area contributed by atoms with Crippen LogP contribution >= 0.6 is 0 Å². The lowest BCUT2D eigenvalue weighted by Gasteiger charge is -2.23. The molecule has 1 aliphatic carbocycles. The van der Waals surface area contributed by atoms with E-state index in [4.69, 9.17) is 9.84 Å². The number of hydrogen-bond acceptors (Lipinski definition) is 2. The van der Waals surface area contributed by atoms with Gasteiger partial charge in [0.2, 0.25) is 0 Å². The summed E-state index contributed by atoms with van der Waals surface area (Å²) in [6, 6.07) is 2.12. The summed E-state index contributed by atoms with van der Waals surface area (Å²) in [6.07, 6.45) is 5.23. The average molecular weight is 262 g/mol. The topological polar surface area (TPSA) is 46.5 Å². The lowest BCUT2D eigenvalue weighted by Crippen LogP contribution is -2.15. The number of ether oxygens (including phenoxy) is 1. The van der Waals surface area contributed by atoms with Crippen molar-refractivity contribution < 1.29 is 14.6 Å². The monoisotopic (exact) mass is 262 g/mol. The van der Waals surface area contributed by atoms with E-state index < -0.39 is 5.97 Å². The van der Waals surface area contributed by atoms with Gasteiger partial charge in [-0.15, -0.1) is 0 Å². The molecule has 3 heteroatoms. The highest BCUT2D eigenvalue weighted by molar-refractivity contribution is 5.70. The van der Waals surface area contributed by atoms with Crippen LogP contribution in [0, 0.1) is 12.8 Å². The van der Waals surface area contributed by atoms with Gasteiger partial charge in [-0.25, -0.2) is 0 Å². The molecule has 1 unspecified atom stereocenters. The lowest BCUT2D eigenvalue weighted by molar-refractivity contribution is -0.141. The first-order chi connectivity index (χ1) is 9.04. The van der Waals surface area contributed by atoms with Gasteiger partial charge in [-0.1, -0.05) is 6.92 Å². The molecule has 0 amide bonds. The number of aryl methyl sites for hydroxylation is 1. The van der Waals surface area contributed by atoms with E-state index in [2.05, 4.69) is 13.0 Å². The molecule has 0 saturated carbocycles. The first-order valence-corrected chi connectivity index (χ1v) is 6.95. The number of carbonyl (C=O) groups is 1. The minimum Gasteiger partial charge on any atom is -0.496 e. The van der Waals surface area contributed by atoms with Crippen molar-refractivity contribution in [3.05, 3.63) is 28.3 Å². The zero-order valence-corrected chi connectivity index (χ0v) is 12.0. The Morgan fingerprint density at radius 2 is 2.11 bits per heavy atom. The van der Waals surface area contributed by atoms with Crippen LogP contribution < -0.4 is 4.74 Å². The van der Waals surface area contributed by atoms with E-state index >= 15 is 0 Å². The van der Waals surface area contributed by atoms with Crippen LogP contribution in [0.5, 0.6) is 5.75 Å². The number of rotatable bonds is 4. The second-order valence-corrected chi connectivity index (χ2v) is 5.47. The number of carboxylic acids is 1. The molecule has 0 aliphatic heterocycles. The van der Waals surface area contributed by atoms with Crippen molar-refractivity contribution in [3.63, 3.8) is 0 Å². The maximum Gasteiger partial charge on any atom is 0.306 e. The molecule has 1 aliphatic rings. The number of fused-ring (bicyclic) bond motifs is 1. The Kier molecular flexibility index (Phi) is 4.13. The van der Waals surface area contributed by atoms with Gasteiger partial charge in [-0.3, -0.25) is 4.79 Å². The summed E-state index contributed by atoms with van der Waals surface area (Å²) in [5, 5.41) is 9.10. The van der Waals surface area contributed by atoms with Crippen LogP contribution in [0.15, 0.2) is 6.07 Å². The van der Waals surface area contributed by atoms with Gasteiger partial charge in [0.1, 0.15) is 5.75 Å². The summed E-state index contributed by atoms with van der Waals surface area (Å²) < 4.78 is 5.48. The Hall–Kier alpha value is -1.51. The maximum absolute atomic E-state index is 11.1. The molecule has 0 radical (unpaired) electrons. The third kappa shape index (κ3) is 2.75. The summed E-state index contributed by atoms with van der Waals surface area (Å²) >= 11 is 0. The van der Waals surface area contributed by atoms with Gasteiger partial charge in [-0.2, -0.15) is 0 Å². The molecule has 0 fully saturated rings. The standard InChI is InChI=1S/C16H22O3/c1-10(16(17)18)8-14-11(2)13-7-5-4-6-12(13)9-15(14)19-3/h9-10H,4-8H2,1-3H3,(H,17,18). The molecule has 0 aromatic heterocycles. The van der Waals surface area contributed by atoms with Crippen molar-refractivity contribution in [2.45, 2.75) is 46.0 Å². The Morgan fingerprint density at radius 1 is 1.42 bits per heavy atom. The zero-order chi connectivity index (χ0) is 14.0. The summed E-state index contributed by atoms with van der Waals surface area (Å²) in [6.45, 7) is 3.86. The van der Waals surface area contributed by atoms with Crippen LogP contribution in [0.1, 0.15) is 42.0 Å². The molecule has 1 atom stereocenters. The molecule has 0 spiro atoms. The van der Waals surface area contributed by atoms with E-state index in [9.17, 15) is 4.79 Å². The Morgan fingerprint density at radius 3 is 2.74 bits per heavy atom. The lowest BCUT2D eigenvalue weighted by atomic mass is 9.84. The fourth-order valence-electron chi connectivity index (χ4n) is 2.96. The third-order valence-corrected chi connectivity index (χ3v) is 4.17. The fourth-order valence-corrected chi connectivity index (χ4v) is 2.96. The number of methoxy groups -OCH3 is 1. The van der Waals surface area contributed by atoms with Gasteiger partial charge in [-0.05, 0) is 67.3 Å². The normalized spacial score (nSPS) is 15.7. The minimum absolute atomic E-state index is 0.380. The van der Waals surface area contributed by atoms with E-state index in [0.29, 0.717) is 6.42 Å². The minimum atomic E-state index is -0.751. The maximum atomic E-state index is 11.1. The molecule has 1 aromatic carbocycles. The van der Waals surface area contributed by atoms with Gasteiger partial charge in [0.25, 0.3) is 0 Å². The summed E-state index contributed by atoms with van der Waals surface area (Å²) in [5.41, 5.74) is 5.10. The van der Waals surface area contributed by atoms with Crippen molar-refractivity contribution in [3.8, 4) is 5.75 Å². The quantitative estimate of drug-likeness (QED) is 0.906. The highest BCUT2D eigenvalue weighted by Gasteiger charge is 2.21. The van der Waals surface area contributed by atoms with Crippen molar-refractivity contribution in [2.24, 2.45) is 5.92 Å². The molecular formula is C16H22O3. The fraction of sp³-hybridized carbons (Fsp3) is 0.562. The van der Waals surface area contributed by atoms with Crippen molar-refractivity contribution in [1.29, 1.82) is 0 Å². The van der Waals surface area contributed by atoms with Crippen molar-refractivity contribution >= 4 is 5.97 Å². The first-order valence-electron chi connectivity index (χ1n) is 6.95. The molecule has 0 saturated heterocycles. The Bertz CT molecular complexity index is 491. The second kappa shape index (κ2) is 5.64. The molecule has 19 heavy (non-hydrogen) atoms. The van der Waals surface area contributed by atoms with E-state index in [1.807, 2.05) is 0 Å². The van der Waals surface area contributed by atoms with Crippen LogP contribution in [0.4, 0.5) is 0 Å².